The highest BCUT2D eigenvalue weighted by Gasteiger charge is 2.78. The van der Waals surface area contributed by atoms with Gasteiger partial charge in [0.2, 0.25) is 11.5 Å². The molecule has 2 aliphatic rings. The highest BCUT2D eigenvalue weighted by Crippen LogP contribution is 2.56. The summed E-state index contributed by atoms with van der Waals surface area (Å²) < 4.78 is 8.49. The van der Waals surface area contributed by atoms with E-state index in [1.807, 2.05) is 0 Å². The second kappa shape index (κ2) is 8.19. The molecule has 0 saturated carbocycles. The SMILES string of the molecule is CC(C)CC1(O)CN2C(O)(O)C(O)(O)c3cc(OC(O)(O)O)c(OC(O)(O)O)cc3C2(O)C(O)(O)C1=O. The van der Waals surface area contributed by atoms with Gasteiger partial charge in [-0.15, -0.1) is 0 Å². The molecule has 1 aromatic carbocycles. The van der Waals surface area contributed by atoms with E-state index in [4.69, 9.17) is 15.3 Å². The molecule has 0 amide bonds. The first kappa shape index (κ1) is 29.4. The third-order valence-electron chi connectivity index (χ3n) is 5.95. The number of carbonyl (C=O) groups excluding carboxylic acids is 1. The van der Waals surface area contributed by atoms with E-state index in [-0.39, 0.29) is 17.0 Å². The number of aliphatic hydroxyl groups is 14. The van der Waals surface area contributed by atoms with Crippen molar-refractivity contribution in [3.05, 3.63) is 23.3 Å². The number of hydrogen-bond acceptors (Lipinski definition) is 18. The lowest BCUT2D eigenvalue weighted by Crippen LogP contribution is -2.85. The van der Waals surface area contributed by atoms with Gasteiger partial charge in [0.25, 0.3) is 17.5 Å². The quantitative estimate of drug-likeness (QED) is 0.149. The average molecular weight is 541 g/mol. The number of benzene rings is 1. The summed E-state index contributed by atoms with van der Waals surface area (Å²) in [6.45, 7) is 1.62. The predicted molar refractivity (Wildman–Crippen MR) is 107 cm³/mol. The smallest absolute Gasteiger partial charge is 0.413 e. The Kier molecular flexibility index (Phi) is 6.52. The fourth-order valence-electron chi connectivity index (χ4n) is 4.58. The molecule has 0 spiro atoms. The molecule has 2 heterocycles. The van der Waals surface area contributed by atoms with Crippen molar-refractivity contribution in [2.24, 2.45) is 5.92 Å². The van der Waals surface area contributed by atoms with Crippen LogP contribution in [0, 0.1) is 5.92 Å². The van der Waals surface area contributed by atoms with E-state index >= 15 is 0 Å². The largest absolute Gasteiger partial charge is 0.453 e. The highest BCUT2D eigenvalue weighted by atomic mass is 16.9. The number of rotatable bonds is 6. The van der Waals surface area contributed by atoms with Crippen molar-refractivity contribution in [1.82, 2.24) is 4.90 Å². The van der Waals surface area contributed by atoms with Gasteiger partial charge in [-0.25, -0.2) is 4.90 Å². The molecule has 0 aromatic heterocycles. The number of piperidine rings is 1. The van der Waals surface area contributed by atoms with E-state index in [0.717, 1.165) is 0 Å². The first-order valence-electron chi connectivity index (χ1n) is 10.3. The Balaban J connectivity index is 2.41. The Morgan fingerprint density at radius 1 is 0.811 bits per heavy atom. The van der Waals surface area contributed by atoms with Gasteiger partial charge < -0.3 is 81.0 Å². The molecule has 18 nitrogen and oxygen atoms in total. The Labute approximate surface area is 205 Å². The van der Waals surface area contributed by atoms with Gasteiger partial charge in [-0.3, -0.25) is 4.79 Å². The summed E-state index contributed by atoms with van der Waals surface area (Å²) >= 11 is 0. The molecular weight excluding hydrogens is 514 g/mol. The van der Waals surface area contributed by atoms with Crippen molar-refractivity contribution in [3.63, 3.8) is 0 Å². The topological polar surface area (TPSA) is 322 Å². The molecule has 210 valence electrons. The van der Waals surface area contributed by atoms with Crippen molar-refractivity contribution in [3.8, 4) is 11.5 Å². The minimum Gasteiger partial charge on any atom is -0.413 e. The van der Waals surface area contributed by atoms with Crippen LogP contribution in [0.15, 0.2) is 12.1 Å². The zero-order valence-electron chi connectivity index (χ0n) is 19.1. The monoisotopic (exact) mass is 541 g/mol. The van der Waals surface area contributed by atoms with E-state index in [9.17, 15) is 61.0 Å². The molecule has 2 unspecified atom stereocenters. The molecule has 1 aromatic rings. The first-order chi connectivity index (χ1) is 16.3. The van der Waals surface area contributed by atoms with Crippen LogP contribution in [-0.2, 0) is 16.3 Å². The summed E-state index contributed by atoms with van der Waals surface area (Å²) in [6, 6.07) is 0.332. The minimum atomic E-state index is -4.18. The normalized spacial score (nSPS) is 29.1. The summed E-state index contributed by atoms with van der Waals surface area (Å²) in [4.78, 5) is 12.8. The maximum atomic E-state index is 13.0. The molecular formula is C19H27NO17. The van der Waals surface area contributed by atoms with Crippen LogP contribution in [0.3, 0.4) is 0 Å². The van der Waals surface area contributed by atoms with Crippen LogP contribution in [0.5, 0.6) is 11.5 Å². The number of ether oxygens (including phenoxy) is 2. The molecule has 1 fully saturated rings. The number of fused-ring (bicyclic) bond motifs is 3. The Bertz CT molecular complexity index is 1090. The fraction of sp³-hybridized carbons (Fsp3) is 0.632. The number of nitrogens with zero attached hydrogens (tertiary/aromatic N) is 1. The first-order valence-corrected chi connectivity index (χ1v) is 10.3. The summed E-state index contributed by atoms with van der Waals surface area (Å²) in [7, 11) is 0. The molecule has 1 saturated heterocycles. The van der Waals surface area contributed by atoms with Crippen LogP contribution in [0.2, 0.25) is 0 Å². The lowest BCUT2D eigenvalue weighted by atomic mass is 9.69. The minimum absolute atomic E-state index is 0.139. The van der Waals surface area contributed by atoms with Crippen molar-refractivity contribution in [2.45, 2.75) is 61.4 Å². The maximum absolute atomic E-state index is 13.0. The average Bonchev–Trinajstić information content (AvgIpc) is 2.67. The van der Waals surface area contributed by atoms with Gasteiger partial charge in [0.15, 0.2) is 11.5 Å². The number of hydrogen-bond donors (Lipinski definition) is 14. The molecule has 37 heavy (non-hydrogen) atoms. The van der Waals surface area contributed by atoms with Gasteiger partial charge in [0.05, 0.1) is 0 Å². The number of Topliss-reactive ketones (excluding diaryl/α,β-unsaturated/α-hetero) is 1. The highest BCUT2D eigenvalue weighted by molar-refractivity contribution is 5.95. The molecule has 3 rings (SSSR count). The van der Waals surface area contributed by atoms with Crippen LogP contribution >= 0.6 is 0 Å². The van der Waals surface area contributed by atoms with E-state index in [1.165, 1.54) is 13.8 Å². The van der Waals surface area contributed by atoms with Gasteiger partial charge in [0.1, 0.15) is 5.60 Å². The van der Waals surface area contributed by atoms with E-state index in [1.54, 1.807) is 0 Å². The van der Waals surface area contributed by atoms with Gasteiger partial charge in [-0.1, -0.05) is 13.8 Å². The molecule has 0 aliphatic carbocycles. The second-order valence-corrected chi connectivity index (χ2v) is 9.39. The third-order valence-corrected chi connectivity index (χ3v) is 5.95. The lowest BCUT2D eigenvalue weighted by molar-refractivity contribution is -0.491. The summed E-state index contributed by atoms with van der Waals surface area (Å²) in [5, 5.41) is 142. The molecule has 2 atom stereocenters. The molecule has 2 aliphatic heterocycles. The van der Waals surface area contributed by atoms with Crippen LogP contribution in [0.25, 0.3) is 0 Å². The van der Waals surface area contributed by atoms with Crippen molar-refractivity contribution >= 4 is 5.78 Å². The Hall–Kier alpha value is -2.11. The second-order valence-electron chi connectivity index (χ2n) is 9.39. The fourth-order valence-corrected chi connectivity index (χ4v) is 4.58. The van der Waals surface area contributed by atoms with Gasteiger partial charge in [-0.05, 0) is 24.5 Å². The summed E-state index contributed by atoms with van der Waals surface area (Å²) in [6.07, 6.45) is -8.75. The zero-order valence-corrected chi connectivity index (χ0v) is 19.1. The van der Waals surface area contributed by atoms with Crippen molar-refractivity contribution in [2.75, 3.05) is 6.54 Å². The predicted octanol–water partition coefficient (Wildman–Crippen LogP) is -7.10. The van der Waals surface area contributed by atoms with Gasteiger partial charge in [0, 0.05) is 17.7 Å². The molecule has 0 bridgehead atoms. The van der Waals surface area contributed by atoms with E-state index in [2.05, 4.69) is 9.47 Å². The van der Waals surface area contributed by atoms with E-state index < -0.39 is 88.4 Å². The van der Waals surface area contributed by atoms with Gasteiger partial charge >= 0.3 is 12.3 Å². The Morgan fingerprint density at radius 2 is 1.24 bits per heavy atom. The molecule has 14 N–H and O–H groups in total. The van der Waals surface area contributed by atoms with Crippen molar-refractivity contribution in [1.29, 1.82) is 0 Å². The standard InChI is InChI=1S/C19H27NO17/c1-7(2)5-13(22)6-20-14(23,16(26,27)12(13)21)8-3-10(36-18(30,31)32)11(37-19(33,34)35)4-9(8)15(24,25)17(20,28)29/h3-4,7,22-35H,5-6H2,1-2H3. The molecule has 0 radical (unpaired) electrons. The number of ketones is 1. The maximum Gasteiger partial charge on any atom is 0.453 e. The van der Waals surface area contributed by atoms with Crippen LogP contribution < -0.4 is 9.47 Å². The van der Waals surface area contributed by atoms with Crippen LogP contribution in [-0.4, -0.2) is 118 Å². The van der Waals surface area contributed by atoms with E-state index in [0.29, 0.717) is 0 Å². The summed E-state index contributed by atoms with van der Waals surface area (Å²) in [5.74, 6) is -17.4. The Morgan fingerprint density at radius 3 is 1.65 bits per heavy atom. The number of carbonyl (C=O) groups is 1. The molecule has 18 heteroatoms. The summed E-state index contributed by atoms with van der Waals surface area (Å²) in [5.41, 5.74) is -9.28. The lowest BCUT2D eigenvalue weighted by Gasteiger charge is -2.62. The van der Waals surface area contributed by atoms with Gasteiger partial charge in [-0.2, -0.15) is 0 Å². The third kappa shape index (κ3) is 4.46. The van der Waals surface area contributed by atoms with Crippen LogP contribution in [0.1, 0.15) is 31.4 Å². The van der Waals surface area contributed by atoms with Crippen LogP contribution in [0.4, 0.5) is 0 Å². The van der Waals surface area contributed by atoms with Crippen molar-refractivity contribution < 1.29 is 85.8 Å². The zero-order chi connectivity index (χ0) is 28.8.